The lowest BCUT2D eigenvalue weighted by atomic mass is 10.2. The number of benzene rings is 1. The summed E-state index contributed by atoms with van der Waals surface area (Å²) < 4.78 is 25.3. The molecule has 0 spiro atoms. The Kier molecular flexibility index (Phi) is 3.85. The highest BCUT2D eigenvalue weighted by molar-refractivity contribution is 5.44. The standard InChI is InChI=1S/C14H14FNO3/c1-18-12-8-10(7-11(15)14(12)19-2)9-16-6-4-3-5-13(16)17/h3-8H,9H2,1-2H3. The Morgan fingerprint density at radius 2 is 2.00 bits per heavy atom. The molecular formula is C14H14FNO3. The predicted octanol–water partition coefficient (Wildman–Crippen LogP) is 2.05. The molecule has 0 unspecified atom stereocenters. The quantitative estimate of drug-likeness (QED) is 0.847. The Balaban J connectivity index is 2.39. The number of methoxy groups -OCH3 is 2. The van der Waals surface area contributed by atoms with Crippen LogP contribution in [0.25, 0.3) is 0 Å². The van der Waals surface area contributed by atoms with Crippen molar-refractivity contribution < 1.29 is 13.9 Å². The molecule has 0 amide bonds. The molecule has 0 saturated heterocycles. The number of nitrogens with zero attached hydrogens (tertiary/aromatic N) is 1. The lowest BCUT2D eigenvalue weighted by Crippen LogP contribution is -2.18. The van der Waals surface area contributed by atoms with Gasteiger partial charge in [-0.25, -0.2) is 4.39 Å². The first-order valence-electron chi connectivity index (χ1n) is 5.71. The second kappa shape index (κ2) is 5.56. The third kappa shape index (κ3) is 2.76. The molecule has 19 heavy (non-hydrogen) atoms. The molecule has 4 nitrogen and oxygen atoms in total. The average Bonchev–Trinajstić information content (AvgIpc) is 2.40. The first-order chi connectivity index (χ1) is 9.15. The fourth-order valence-electron chi connectivity index (χ4n) is 1.85. The molecule has 0 aliphatic rings. The lowest BCUT2D eigenvalue weighted by Gasteiger charge is -2.11. The number of hydrogen-bond donors (Lipinski definition) is 0. The van der Waals surface area contributed by atoms with Gasteiger partial charge in [-0.05, 0) is 23.8 Å². The Morgan fingerprint density at radius 3 is 2.63 bits per heavy atom. The summed E-state index contributed by atoms with van der Waals surface area (Å²) in [4.78, 5) is 11.6. The van der Waals surface area contributed by atoms with Crippen LogP contribution in [0.15, 0.2) is 41.3 Å². The highest BCUT2D eigenvalue weighted by atomic mass is 19.1. The van der Waals surface area contributed by atoms with Crippen LogP contribution in [0.4, 0.5) is 4.39 Å². The van der Waals surface area contributed by atoms with Gasteiger partial charge in [-0.1, -0.05) is 6.07 Å². The number of hydrogen-bond acceptors (Lipinski definition) is 3. The SMILES string of the molecule is COc1cc(Cn2ccccc2=O)cc(F)c1OC. The summed E-state index contributed by atoms with van der Waals surface area (Å²) in [5.74, 6) is -0.144. The van der Waals surface area contributed by atoms with Crippen LogP contribution < -0.4 is 15.0 Å². The minimum Gasteiger partial charge on any atom is -0.493 e. The zero-order valence-electron chi connectivity index (χ0n) is 10.7. The van der Waals surface area contributed by atoms with Gasteiger partial charge in [-0.3, -0.25) is 4.79 Å². The Morgan fingerprint density at radius 1 is 1.21 bits per heavy atom. The first-order valence-corrected chi connectivity index (χ1v) is 5.71. The third-order valence-electron chi connectivity index (χ3n) is 2.75. The van der Waals surface area contributed by atoms with E-state index in [1.54, 1.807) is 24.4 Å². The minimum absolute atomic E-state index is 0.0617. The summed E-state index contributed by atoms with van der Waals surface area (Å²) in [5.41, 5.74) is 0.487. The van der Waals surface area contributed by atoms with Crippen LogP contribution in [0.2, 0.25) is 0 Å². The number of rotatable bonds is 4. The van der Waals surface area contributed by atoms with E-state index in [0.29, 0.717) is 11.3 Å². The molecule has 0 bridgehead atoms. The van der Waals surface area contributed by atoms with E-state index in [1.807, 2.05) is 0 Å². The van der Waals surface area contributed by atoms with Gasteiger partial charge >= 0.3 is 0 Å². The molecule has 0 N–H and O–H groups in total. The van der Waals surface area contributed by atoms with Crippen molar-refractivity contribution in [1.29, 1.82) is 0 Å². The van der Waals surface area contributed by atoms with Crippen LogP contribution in [0.1, 0.15) is 5.56 Å². The zero-order valence-corrected chi connectivity index (χ0v) is 10.7. The monoisotopic (exact) mass is 263 g/mol. The van der Waals surface area contributed by atoms with Gasteiger partial charge in [0, 0.05) is 12.3 Å². The van der Waals surface area contributed by atoms with Gasteiger partial charge in [0.1, 0.15) is 0 Å². The molecule has 0 atom stereocenters. The summed E-state index contributed by atoms with van der Waals surface area (Å²) in [6, 6.07) is 7.85. The summed E-state index contributed by atoms with van der Waals surface area (Å²) >= 11 is 0. The van der Waals surface area contributed by atoms with Gasteiger partial charge in [-0.2, -0.15) is 0 Å². The van der Waals surface area contributed by atoms with Gasteiger partial charge in [0.25, 0.3) is 5.56 Å². The average molecular weight is 263 g/mol. The van der Waals surface area contributed by atoms with E-state index in [4.69, 9.17) is 9.47 Å². The van der Waals surface area contributed by atoms with Crippen molar-refractivity contribution in [2.45, 2.75) is 6.54 Å². The van der Waals surface area contributed by atoms with E-state index in [0.717, 1.165) is 0 Å². The molecule has 1 aromatic heterocycles. The van der Waals surface area contributed by atoms with Crippen molar-refractivity contribution in [1.82, 2.24) is 4.57 Å². The van der Waals surface area contributed by atoms with Crippen LogP contribution in [-0.2, 0) is 6.54 Å². The molecule has 5 heteroatoms. The third-order valence-corrected chi connectivity index (χ3v) is 2.75. The second-order valence-electron chi connectivity index (χ2n) is 3.98. The Labute approximate surface area is 110 Å². The van der Waals surface area contributed by atoms with Crippen molar-refractivity contribution in [2.75, 3.05) is 14.2 Å². The van der Waals surface area contributed by atoms with Crippen LogP contribution in [0.5, 0.6) is 11.5 Å². The number of pyridine rings is 1. The maximum Gasteiger partial charge on any atom is 0.250 e. The van der Waals surface area contributed by atoms with E-state index < -0.39 is 5.82 Å². The van der Waals surface area contributed by atoms with Crippen LogP contribution >= 0.6 is 0 Å². The first kappa shape index (κ1) is 13.1. The largest absolute Gasteiger partial charge is 0.493 e. The van der Waals surface area contributed by atoms with Crippen molar-refractivity contribution >= 4 is 0 Å². The lowest BCUT2D eigenvalue weighted by molar-refractivity contribution is 0.337. The molecule has 1 aromatic carbocycles. The molecule has 0 saturated carbocycles. The highest BCUT2D eigenvalue weighted by Gasteiger charge is 2.12. The van der Waals surface area contributed by atoms with Crippen molar-refractivity contribution in [3.05, 3.63) is 58.3 Å². The van der Waals surface area contributed by atoms with Gasteiger partial charge in [0.15, 0.2) is 17.3 Å². The van der Waals surface area contributed by atoms with Crippen molar-refractivity contribution in [3.8, 4) is 11.5 Å². The molecule has 2 aromatic rings. The van der Waals surface area contributed by atoms with E-state index in [1.165, 1.54) is 30.9 Å². The van der Waals surface area contributed by atoms with Crippen molar-refractivity contribution in [3.63, 3.8) is 0 Å². The predicted molar refractivity (Wildman–Crippen MR) is 69.3 cm³/mol. The number of ether oxygens (including phenoxy) is 2. The summed E-state index contributed by atoms with van der Waals surface area (Å²) in [5, 5.41) is 0. The molecule has 0 fully saturated rings. The second-order valence-corrected chi connectivity index (χ2v) is 3.98. The molecule has 0 aliphatic heterocycles. The normalized spacial score (nSPS) is 10.3. The van der Waals surface area contributed by atoms with Gasteiger partial charge in [-0.15, -0.1) is 0 Å². The molecule has 1 heterocycles. The van der Waals surface area contributed by atoms with Crippen LogP contribution in [0.3, 0.4) is 0 Å². The number of aromatic nitrogens is 1. The van der Waals surface area contributed by atoms with Crippen molar-refractivity contribution in [2.24, 2.45) is 0 Å². The minimum atomic E-state index is -0.513. The topological polar surface area (TPSA) is 40.5 Å². The van der Waals surface area contributed by atoms with Crippen LogP contribution in [0, 0.1) is 5.82 Å². The van der Waals surface area contributed by atoms with E-state index in [-0.39, 0.29) is 17.9 Å². The molecular weight excluding hydrogens is 249 g/mol. The Bertz CT molecular complexity index is 637. The van der Waals surface area contributed by atoms with Gasteiger partial charge in [0.05, 0.1) is 20.8 Å². The maximum absolute atomic E-state index is 13.8. The maximum atomic E-state index is 13.8. The highest BCUT2D eigenvalue weighted by Crippen LogP contribution is 2.31. The molecule has 100 valence electrons. The van der Waals surface area contributed by atoms with Gasteiger partial charge < -0.3 is 14.0 Å². The van der Waals surface area contributed by atoms with E-state index in [2.05, 4.69) is 0 Å². The van der Waals surface area contributed by atoms with E-state index >= 15 is 0 Å². The summed E-state index contributed by atoms with van der Waals surface area (Å²) in [6.07, 6.45) is 1.65. The zero-order chi connectivity index (χ0) is 13.8. The molecule has 0 radical (unpaired) electrons. The molecule has 2 rings (SSSR count). The Hall–Kier alpha value is -2.30. The van der Waals surface area contributed by atoms with Gasteiger partial charge in [0.2, 0.25) is 0 Å². The summed E-state index contributed by atoms with van der Waals surface area (Å²) in [7, 11) is 2.82. The summed E-state index contributed by atoms with van der Waals surface area (Å²) in [6.45, 7) is 0.275. The molecule has 0 aliphatic carbocycles. The number of halogens is 1. The van der Waals surface area contributed by atoms with E-state index in [9.17, 15) is 9.18 Å². The van der Waals surface area contributed by atoms with Crippen LogP contribution in [-0.4, -0.2) is 18.8 Å². The fraction of sp³-hybridized carbons (Fsp3) is 0.214. The smallest absolute Gasteiger partial charge is 0.250 e. The fourth-order valence-corrected chi connectivity index (χ4v) is 1.85.